The van der Waals surface area contributed by atoms with E-state index in [2.05, 4.69) is 6.92 Å². The summed E-state index contributed by atoms with van der Waals surface area (Å²) >= 11 is 0. The predicted octanol–water partition coefficient (Wildman–Crippen LogP) is 4.76. The van der Waals surface area contributed by atoms with Crippen LogP contribution in [-0.4, -0.2) is 17.4 Å². The Morgan fingerprint density at radius 2 is 1.83 bits per heavy atom. The van der Waals surface area contributed by atoms with Gasteiger partial charge in [0.15, 0.2) is 0 Å². The Hall–Kier alpha value is -2.16. The zero-order valence-electron chi connectivity index (χ0n) is 13.8. The van der Waals surface area contributed by atoms with Crippen molar-refractivity contribution in [2.24, 2.45) is 0 Å². The van der Waals surface area contributed by atoms with Gasteiger partial charge in [-0.2, -0.15) is 0 Å². The molecule has 23 heavy (non-hydrogen) atoms. The van der Waals surface area contributed by atoms with Crippen LogP contribution in [0.15, 0.2) is 54.6 Å². The highest BCUT2D eigenvalue weighted by Crippen LogP contribution is 2.24. The van der Waals surface area contributed by atoms with Crippen LogP contribution in [-0.2, 0) is 11.3 Å². The molecule has 0 aromatic heterocycles. The lowest BCUT2D eigenvalue weighted by molar-refractivity contribution is -0.133. The van der Waals surface area contributed by atoms with E-state index in [0.717, 1.165) is 24.0 Å². The first kappa shape index (κ1) is 17.2. The maximum atomic E-state index is 13.4. The van der Waals surface area contributed by atoms with E-state index >= 15 is 0 Å². The van der Waals surface area contributed by atoms with Crippen molar-refractivity contribution >= 4 is 5.91 Å². The average molecular weight is 313 g/mol. The Balaban J connectivity index is 2.19. The number of benzene rings is 2. The highest BCUT2D eigenvalue weighted by Gasteiger charge is 2.24. The van der Waals surface area contributed by atoms with Crippen LogP contribution in [0.4, 0.5) is 4.39 Å². The van der Waals surface area contributed by atoms with Gasteiger partial charge in [0.1, 0.15) is 5.82 Å². The van der Waals surface area contributed by atoms with Crippen molar-refractivity contribution in [2.45, 2.75) is 39.2 Å². The molecule has 0 N–H and O–H groups in total. The van der Waals surface area contributed by atoms with E-state index in [1.807, 2.05) is 48.2 Å². The number of amides is 1. The molecule has 0 saturated carbocycles. The van der Waals surface area contributed by atoms with Crippen LogP contribution in [0, 0.1) is 5.82 Å². The molecule has 0 spiro atoms. The van der Waals surface area contributed by atoms with Crippen LogP contribution < -0.4 is 0 Å². The maximum Gasteiger partial charge on any atom is 0.230 e. The molecule has 0 saturated heterocycles. The van der Waals surface area contributed by atoms with Crippen molar-refractivity contribution in [1.29, 1.82) is 0 Å². The molecule has 2 aromatic rings. The maximum absolute atomic E-state index is 13.4. The quantitative estimate of drug-likeness (QED) is 0.722. The summed E-state index contributed by atoms with van der Waals surface area (Å²) in [6, 6.07) is 16.4. The van der Waals surface area contributed by atoms with Gasteiger partial charge in [0.2, 0.25) is 5.91 Å². The number of halogens is 1. The summed E-state index contributed by atoms with van der Waals surface area (Å²) in [6.45, 7) is 5.11. The summed E-state index contributed by atoms with van der Waals surface area (Å²) in [5, 5.41) is 0. The lowest BCUT2D eigenvalue weighted by Gasteiger charge is -2.26. The van der Waals surface area contributed by atoms with Crippen LogP contribution in [0.2, 0.25) is 0 Å². The first-order chi connectivity index (χ1) is 11.2. The molecule has 2 nitrogen and oxygen atoms in total. The fourth-order valence-electron chi connectivity index (χ4n) is 2.83. The molecule has 0 aliphatic carbocycles. The third-order valence-corrected chi connectivity index (χ3v) is 4.03. The number of rotatable bonds is 7. The van der Waals surface area contributed by atoms with E-state index in [1.54, 1.807) is 6.07 Å². The molecule has 0 aliphatic rings. The minimum atomic E-state index is -0.265. The van der Waals surface area contributed by atoms with Gasteiger partial charge in [-0.3, -0.25) is 4.79 Å². The van der Waals surface area contributed by atoms with Gasteiger partial charge in [-0.15, -0.1) is 0 Å². The normalized spacial score (nSPS) is 12.0. The van der Waals surface area contributed by atoms with Crippen LogP contribution in [0.1, 0.15) is 43.7 Å². The summed E-state index contributed by atoms with van der Waals surface area (Å²) < 4.78 is 13.4. The second-order valence-electron chi connectivity index (χ2n) is 5.73. The molecule has 0 aliphatic heterocycles. The number of carbonyl (C=O) groups excluding carboxylic acids is 1. The first-order valence-corrected chi connectivity index (χ1v) is 8.23. The summed E-state index contributed by atoms with van der Waals surface area (Å²) in [5.41, 5.74) is 1.88. The van der Waals surface area contributed by atoms with Crippen molar-refractivity contribution in [3.05, 3.63) is 71.5 Å². The van der Waals surface area contributed by atoms with Gasteiger partial charge in [0, 0.05) is 13.1 Å². The highest BCUT2D eigenvalue weighted by molar-refractivity contribution is 5.83. The zero-order chi connectivity index (χ0) is 16.7. The van der Waals surface area contributed by atoms with Gasteiger partial charge in [-0.1, -0.05) is 55.8 Å². The van der Waals surface area contributed by atoms with E-state index in [4.69, 9.17) is 0 Å². The zero-order valence-corrected chi connectivity index (χ0v) is 13.8. The van der Waals surface area contributed by atoms with Gasteiger partial charge in [0.05, 0.1) is 5.92 Å². The number of carbonyl (C=O) groups is 1. The number of likely N-dealkylation sites (N-methyl/N-ethyl adjacent to an activating group) is 1. The molecule has 2 aromatic carbocycles. The van der Waals surface area contributed by atoms with Crippen molar-refractivity contribution in [3.63, 3.8) is 0 Å². The fraction of sp³-hybridized carbons (Fsp3) is 0.350. The molecule has 0 fully saturated rings. The molecule has 1 unspecified atom stereocenters. The van der Waals surface area contributed by atoms with E-state index in [9.17, 15) is 9.18 Å². The third kappa shape index (κ3) is 4.65. The minimum absolute atomic E-state index is 0.116. The molecule has 1 atom stereocenters. The van der Waals surface area contributed by atoms with Crippen LogP contribution >= 0.6 is 0 Å². The molecular weight excluding hydrogens is 289 g/mol. The molecule has 122 valence electrons. The monoisotopic (exact) mass is 313 g/mol. The van der Waals surface area contributed by atoms with E-state index in [0.29, 0.717) is 13.1 Å². The molecule has 0 radical (unpaired) electrons. The molecular formula is C20H24FNO. The average Bonchev–Trinajstić information content (AvgIpc) is 2.58. The number of nitrogens with zero attached hydrogens (tertiary/aromatic N) is 1. The van der Waals surface area contributed by atoms with Gasteiger partial charge in [0.25, 0.3) is 0 Å². The lowest BCUT2D eigenvalue weighted by atomic mass is 9.93. The van der Waals surface area contributed by atoms with E-state index in [1.165, 1.54) is 12.1 Å². The summed E-state index contributed by atoms with van der Waals surface area (Å²) in [5.74, 6) is -0.279. The van der Waals surface area contributed by atoms with Crippen molar-refractivity contribution in [1.82, 2.24) is 4.90 Å². The second-order valence-corrected chi connectivity index (χ2v) is 5.73. The standard InChI is InChI=1S/C20H24FNO/c1-3-9-19(17-11-6-5-7-12-17)20(23)22(4-2)15-16-10-8-13-18(21)14-16/h5-8,10-14,19H,3-4,9,15H2,1-2H3. The summed E-state index contributed by atoms with van der Waals surface area (Å²) in [4.78, 5) is 14.8. The van der Waals surface area contributed by atoms with Crippen LogP contribution in [0.3, 0.4) is 0 Å². The third-order valence-electron chi connectivity index (χ3n) is 4.03. The number of hydrogen-bond donors (Lipinski definition) is 0. The Bertz CT molecular complexity index is 627. The van der Waals surface area contributed by atoms with Crippen LogP contribution in [0.25, 0.3) is 0 Å². The minimum Gasteiger partial charge on any atom is -0.338 e. The molecule has 2 rings (SSSR count). The molecule has 3 heteroatoms. The molecule has 0 heterocycles. The Kier molecular flexibility index (Phi) is 6.33. The summed E-state index contributed by atoms with van der Waals surface area (Å²) in [7, 11) is 0. The Morgan fingerprint density at radius 3 is 2.43 bits per heavy atom. The molecule has 1 amide bonds. The van der Waals surface area contributed by atoms with E-state index < -0.39 is 0 Å². The topological polar surface area (TPSA) is 20.3 Å². The van der Waals surface area contributed by atoms with Crippen molar-refractivity contribution in [3.8, 4) is 0 Å². The van der Waals surface area contributed by atoms with Gasteiger partial charge < -0.3 is 4.90 Å². The molecule has 0 bridgehead atoms. The van der Waals surface area contributed by atoms with Crippen LogP contribution in [0.5, 0.6) is 0 Å². The summed E-state index contributed by atoms with van der Waals surface area (Å²) in [6.07, 6.45) is 1.77. The predicted molar refractivity (Wildman–Crippen MR) is 91.6 cm³/mol. The Labute approximate surface area is 137 Å². The van der Waals surface area contributed by atoms with E-state index in [-0.39, 0.29) is 17.6 Å². The SMILES string of the molecule is CCCC(C(=O)N(CC)Cc1cccc(F)c1)c1ccccc1. The van der Waals surface area contributed by atoms with Gasteiger partial charge in [-0.05, 0) is 36.6 Å². The fourth-order valence-corrected chi connectivity index (χ4v) is 2.83. The first-order valence-electron chi connectivity index (χ1n) is 8.23. The smallest absolute Gasteiger partial charge is 0.230 e. The Morgan fingerprint density at radius 1 is 1.09 bits per heavy atom. The van der Waals surface area contributed by atoms with Gasteiger partial charge in [-0.25, -0.2) is 4.39 Å². The van der Waals surface area contributed by atoms with Gasteiger partial charge >= 0.3 is 0 Å². The van der Waals surface area contributed by atoms with Crippen molar-refractivity contribution in [2.75, 3.05) is 6.54 Å². The number of hydrogen-bond acceptors (Lipinski definition) is 1. The largest absolute Gasteiger partial charge is 0.338 e. The van der Waals surface area contributed by atoms with Crippen molar-refractivity contribution < 1.29 is 9.18 Å². The second kappa shape index (κ2) is 8.47. The highest BCUT2D eigenvalue weighted by atomic mass is 19.1. The lowest BCUT2D eigenvalue weighted by Crippen LogP contribution is -2.34.